The maximum Gasteiger partial charge on any atom is 0.280 e. The first kappa shape index (κ1) is 21.6. The third-order valence-electron chi connectivity index (χ3n) is 5.14. The van der Waals surface area contributed by atoms with E-state index in [1.165, 1.54) is 34.3 Å². The number of carbonyl (C=O) groups excluding carboxylic acids is 1. The summed E-state index contributed by atoms with van der Waals surface area (Å²) in [5.41, 5.74) is -0.804. The zero-order valence-electron chi connectivity index (χ0n) is 16.6. The maximum atomic E-state index is 13.4. The van der Waals surface area contributed by atoms with E-state index in [1.54, 1.807) is 0 Å². The van der Waals surface area contributed by atoms with Gasteiger partial charge in [-0.1, -0.05) is 18.3 Å². The molecule has 0 bridgehead atoms. The van der Waals surface area contributed by atoms with Crippen molar-refractivity contribution < 1.29 is 22.0 Å². The van der Waals surface area contributed by atoms with Crippen LogP contribution in [0.1, 0.15) is 44.5 Å². The number of anilines is 1. The standard InChI is InChI=1S/C17H19F2N7O3S2/c1-10(27)23-16-20-7-13(30-16)31(28,29)25-5-3-4-17(2,8-25)12-6-11(14(18)19)24-15-21-9-22-26(12)15/h6-7,9,14H,3-5,8H2,1-2H3,(H,20,23,27). The molecule has 1 unspecified atom stereocenters. The van der Waals surface area contributed by atoms with E-state index in [2.05, 4.69) is 25.4 Å². The molecule has 1 saturated heterocycles. The third-order valence-corrected chi connectivity index (χ3v) is 8.33. The SMILES string of the molecule is CC(=O)Nc1ncc(S(=O)(=O)N2CCCC(C)(c3cc(C(F)F)nc4ncnn34)C2)s1. The molecular formula is C17H19F2N7O3S2. The Morgan fingerprint density at radius 3 is 2.84 bits per heavy atom. The molecule has 3 aromatic heterocycles. The summed E-state index contributed by atoms with van der Waals surface area (Å²) in [7, 11) is -3.89. The highest BCUT2D eigenvalue weighted by Crippen LogP contribution is 2.38. The number of piperidine rings is 1. The van der Waals surface area contributed by atoms with Gasteiger partial charge in [-0.15, -0.1) is 0 Å². The number of halogens is 2. The van der Waals surface area contributed by atoms with Gasteiger partial charge in [0.2, 0.25) is 5.91 Å². The summed E-state index contributed by atoms with van der Waals surface area (Å²) < 4.78 is 55.9. The van der Waals surface area contributed by atoms with Gasteiger partial charge >= 0.3 is 0 Å². The molecule has 0 aromatic carbocycles. The van der Waals surface area contributed by atoms with E-state index in [0.717, 1.165) is 11.3 Å². The second-order valence-electron chi connectivity index (χ2n) is 7.51. The van der Waals surface area contributed by atoms with E-state index in [1.807, 2.05) is 6.92 Å². The summed E-state index contributed by atoms with van der Waals surface area (Å²) in [4.78, 5) is 22.9. The number of nitrogens with zero attached hydrogens (tertiary/aromatic N) is 6. The fraction of sp³-hybridized carbons (Fsp3) is 0.471. The molecule has 1 aliphatic rings. The van der Waals surface area contributed by atoms with Crippen LogP contribution in [0.4, 0.5) is 13.9 Å². The minimum Gasteiger partial charge on any atom is -0.302 e. The van der Waals surface area contributed by atoms with Crippen LogP contribution in [0.2, 0.25) is 0 Å². The van der Waals surface area contributed by atoms with Crippen molar-refractivity contribution in [2.24, 2.45) is 0 Å². The Hall–Kier alpha value is -2.58. The molecule has 3 aromatic rings. The largest absolute Gasteiger partial charge is 0.302 e. The Bertz CT molecular complexity index is 1240. The number of thiazole rings is 1. The number of carbonyl (C=O) groups is 1. The minimum absolute atomic E-state index is 0.00518. The van der Waals surface area contributed by atoms with E-state index < -0.39 is 27.6 Å². The predicted octanol–water partition coefficient (Wildman–Crippen LogP) is 2.22. The summed E-state index contributed by atoms with van der Waals surface area (Å²) >= 11 is 0.859. The molecule has 0 saturated carbocycles. The molecule has 1 amide bonds. The zero-order valence-corrected chi connectivity index (χ0v) is 18.3. The molecule has 1 N–H and O–H groups in total. The summed E-state index contributed by atoms with van der Waals surface area (Å²) in [6.45, 7) is 3.46. The molecule has 1 fully saturated rings. The molecule has 14 heteroatoms. The van der Waals surface area contributed by atoms with Crippen molar-refractivity contribution in [3.05, 3.63) is 30.0 Å². The molecule has 10 nitrogen and oxygen atoms in total. The number of amides is 1. The average molecular weight is 472 g/mol. The second-order valence-corrected chi connectivity index (χ2v) is 10.7. The van der Waals surface area contributed by atoms with E-state index in [4.69, 9.17) is 0 Å². The molecule has 4 heterocycles. The first-order valence-electron chi connectivity index (χ1n) is 9.33. The molecular weight excluding hydrogens is 452 g/mol. The Morgan fingerprint density at radius 2 is 2.13 bits per heavy atom. The molecule has 1 aliphatic heterocycles. The fourth-order valence-corrected chi connectivity index (χ4v) is 6.53. The quantitative estimate of drug-likeness (QED) is 0.605. The van der Waals surface area contributed by atoms with Gasteiger partial charge in [0, 0.05) is 25.4 Å². The predicted molar refractivity (Wildman–Crippen MR) is 108 cm³/mol. The van der Waals surface area contributed by atoms with Gasteiger partial charge in [0.1, 0.15) is 12.0 Å². The summed E-state index contributed by atoms with van der Waals surface area (Å²) in [5, 5.41) is 6.75. The summed E-state index contributed by atoms with van der Waals surface area (Å²) in [6.07, 6.45) is 0.726. The van der Waals surface area contributed by atoms with Crippen LogP contribution in [0.5, 0.6) is 0 Å². The molecule has 0 radical (unpaired) electrons. The number of sulfonamides is 1. The smallest absolute Gasteiger partial charge is 0.280 e. The van der Waals surface area contributed by atoms with Crippen LogP contribution in [-0.4, -0.2) is 56.3 Å². The second kappa shape index (κ2) is 7.84. The molecule has 1 atom stereocenters. The van der Waals surface area contributed by atoms with Gasteiger partial charge in [0.05, 0.1) is 11.9 Å². The van der Waals surface area contributed by atoms with E-state index >= 15 is 0 Å². The van der Waals surface area contributed by atoms with Gasteiger partial charge < -0.3 is 5.32 Å². The highest BCUT2D eigenvalue weighted by molar-refractivity contribution is 7.91. The highest BCUT2D eigenvalue weighted by Gasteiger charge is 2.41. The number of alkyl halides is 2. The average Bonchev–Trinajstić information content (AvgIpc) is 3.36. The van der Waals surface area contributed by atoms with E-state index in [0.29, 0.717) is 18.5 Å². The molecule has 166 valence electrons. The molecule has 31 heavy (non-hydrogen) atoms. The van der Waals surface area contributed by atoms with Gasteiger partial charge in [-0.05, 0) is 18.9 Å². The molecule has 0 spiro atoms. The Kier molecular flexibility index (Phi) is 5.47. The van der Waals surface area contributed by atoms with Crippen molar-refractivity contribution in [2.45, 2.75) is 42.7 Å². The van der Waals surface area contributed by atoms with Gasteiger partial charge in [-0.2, -0.15) is 14.4 Å². The van der Waals surface area contributed by atoms with Crippen molar-refractivity contribution >= 4 is 38.2 Å². The topological polar surface area (TPSA) is 122 Å². The van der Waals surface area contributed by atoms with Crippen LogP contribution in [0.25, 0.3) is 5.78 Å². The van der Waals surface area contributed by atoms with Crippen molar-refractivity contribution in [2.75, 3.05) is 18.4 Å². The van der Waals surface area contributed by atoms with Crippen molar-refractivity contribution in [1.29, 1.82) is 0 Å². The first-order chi connectivity index (χ1) is 14.6. The first-order valence-corrected chi connectivity index (χ1v) is 11.6. The lowest BCUT2D eigenvalue weighted by molar-refractivity contribution is -0.114. The van der Waals surface area contributed by atoms with Crippen molar-refractivity contribution in [3.63, 3.8) is 0 Å². The molecule has 4 rings (SSSR count). The fourth-order valence-electron chi connectivity index (χ4n) is 3.69. The number of hydrogen-bond donors (Lipinski definition) is 1. The van der Waals surface area contributed by atoms with E-state index in [9.17, 15) is 22.0 Å². The number of hydrogen-bond acceptors (Lipinski definition) is 8. The Balaban J connectivity index is 1.69. The number of nitrogens with one attached hydrogen (secondary N) is 1. The van der Waals surface area contributed by atoms with Crippen LogP contribution in [0, 0.1) is 0 Å². The lowest BCUT2D eigenvalue weighted by atomic mass is 9.79. The Morgan fingerprint density at radius 1 is 1.35 bits per heavy atom. The van der Waals surface area contributed by atoms with Crippen LogP contribution >= 0.6 is 11.3 Å². The van der Waals surface area contributed by atoms with Crippen LogP contribution < -0.4 is 5.32 Å². The summed E-state index contributed by atoms with van der Waals surface area (Å²) in [5.74, 6) is -0.315. The lowest BCUT2D eigenvalue weighted by Gasteiger charge is -2.39. The molecule has 0 aliphatic carbocycles. The summed E-state index contributed by atoms with van der Waals surface area (Å²) in [6, 6.07) is 1.27. The van der Waals surface area contributed by atoms with Gasteiger partial charge in [-0.3, -0.25) is 4.79 Å². The lowest BCUT2D eigenvalue weighted by Crippen LogP contribution is -2.47. The van der Waals surface area contributed by atoms with Gasteiger partial charge in [0.25, 0.3) is 22.2 Å². The number of rotatable bonds is 5. The normalized spacial score (nSPS) is 20.4. The number of fused-ring (bicyclic) bond motifs is 1. The Labute approximate surface area is 180 Å². The third kappa shape index (κ3) is 4.02. The van der Waals surface area contributed by atoms with Crippen LogP contribution in [0.15, 0.2) is 22.8 Å². The van der Waals surface area contributed by atoms with Crippen molar-refractivity contribution in [1.82, 2.24) is 28.9 Å². The zero-order chi connectivity index (χ0) is 22.4. The van der Waals surface area contributed by atoms with Crippen LogP contribution in [0.3, 0.4) is 0 Å². The van der Waals surface area contributed by atoms with Gasteiger partial charge in [0.15, 0.2) is 9.34 Å². The van der Waals surface area contributed by atoms with Crippen LogP contribution in [-0.2, 0) is 20.2 Å². The highest BCUT2D eigenvalue weighted by atomic mass is 32.2. The maximum absolute atomic E-state index is 13.4. The van der Waals surface area contributed by atoms with E-state index in [-0.39, 0.29) is 34.1 Å². The van der Waals surface area contributed by atoms with Gasteiger partial charge in [-0.25, -0.2) is 31.7 Å². The monoisotopic (exact) mass is 471 g/mol. The minimum atomic E-state index is -3.89. The number of aromatic nitrogens is 5. The van der Waals surface area contributed by atoms with Crippen molar-refractivity contribution in [3.8, 4) is 0 Å².